The molecule has 2 heterocycles. The van der Waals surface area contributed by atoms with E-state index in [0.717, 1.165) is 57.7 Å². The van der Waals surface area contributed by atoms with Gasteiger partial charge in [0.15, 0.2) is 5.78 Å². The van der Waals surface area contributed by atoms with Gasteiger partial charge in [-0.3, -0.25) is 14.5 Å². The number of benzene rings is 1. The minimum atomic E-state index is -0.461. The van der Waals surface area contributed by atoms with Crippen molar-refractivity contribution in [2.75, 3.05) is 45.8 Å². The predicted octanol–water partition coefficient (Wildman–Crippen LogP) is 1.78. The van der Waals surface area contributed by atoms with Gasteiger partial charge in [-0.15, -0.1) is 0 Å². The maximum Gasteiger partial charge on any atom is 0.220 e. The largest absolute Gasteiger partial charge is 0.369 e. The van der Waals surface area contributed by atoms with Crippen LogP contribution in [-0.4, -0.2) is 67.3 Å². The number of likely N-dealkylation sites (tertiary alicyclic amines) is 2. The van der Waals surface area contributed by atoms with Gasteiger partial charge in [0.1, 0.15) is 5.82 Å². The number of carbonyl (C=O) groups excluding carboxylic acids is 2. The fourth-order valence-electron chi connectivity index (χ4n) is 4.23. The number of ketones is 1. The highest BCUT2D eigenvalue weighted by Gasteiger charge is 2.23. The van der Waals surface area contributed by atoms with Gasteiger partial charge in [-0.25, -0.2) is 4.39 Å². The summed E-state index contributed by atoms with van der Waals surface area (Å²) in [6.45, 7) is 6.26. The molecule has 0 spiro atoms. The summed E-state index contributed by atoms with van der Waals surface area (Å²) >= 11 is 0. The molecule has 0 aliphatic carbocycles. The van der Waals surface area contributed by atoms with Crippen LogP contribution in [0.4, 0.5) is 4.39 Å². The van der Waals surface area contributed by atoms with Crippen molar-refractivity contribution >= 4 is 11.7 Å². The molecular weight excluding hydrogens is 371 g/mol. The molecule has 2 fully saturated rings. The average molecular weight is 405 g/mol. The first-order valence-corrected chi connectivity index (χ1v) is 10.8. The SMILES string of the molecule is NC(=O)C1CCN(Cc2ccc(C(=O)CNCCN3CCCCC3)c(F)c2)CC1. The topological polar surface area (TPSA) is 78.7 Å². The molecule has 0 unspecified atom stereocenters. The molecule has 7 heteroatoms. The summed E-state index contributed by atoms with van der Waals surface area (Å²) in [7, 11) is 0. The van der Waals surface area contributed by atoms with Crippen LogP contribution in [0.2, 0.25) is 0 Å². The Balaban J connectivity index is 1.42. The van der Waals surface area contributed by atoms with Gasteiger partial charge < -0.3 is 16.0 Å². The molecular formula is C22H33FN4O2. The number of Topliss-reactive ketones (excluding diaryl/α,β-unsaturated/α-hetero) is 1. The Morgan fingerprint density at radius 2 is 1.79 bits per heavy atom. The minimum Gasteiger partial charge on any atom is -0.369 e. The lowest BCUT2D eigenvalue weighted by atomic mass is 9.96. The molecule has 2 aliphatic rings. The Kier molecular flexibility index (Phi) is 8.15. The number of halogens is 1. The van der Waals surface area contributed by atoms with Crippen LogP contribution in [0.25, 0.3) is 0 Å². The van der Waals surface area contributed by atoms with Crippen LogP contribution in [0.5, 0.6) is 0 Å². The summed E-state index contributed by atoms with van der Waals surface area (Å²) in [4.78, 5) is 28.2. The van der Waals surface area contributed by atoms with Crippen molar-refractivity contribution in [1.82, 2.24) is 15.1 Å². The van der Waals surface area contributed by atoms with E-state index >= 15 is 0 Å². The molecule has 2 saturated heterocycles. The average Bonchev–Trinajstić information content (AvgIpc) is 2.72. The Morgan fingerprint density at radius 1 is 1.07 bits per heavy atom. The van der Waals surface area contributed by atoms with Crippen molar-refractivity contribution in [1.29, 1.82) is 0 Å². The van der Waals surface area contributed by atoms with E-state index in [9.17, 15) is 14.0 Å². The standard InChI is InChI=1S/C22H33FN4O2/c23-20-14-17(16-27-11-6-18(7-12-27)22(24)29)4-5-19(20)21(28)15-25-8-13-26-9-2-1-3-10-26/h4-5,14,18,25H,1-3,6-13,15-16H2,(H2,24,29). The van der Waals surface area contributed by atoms with E-state index in [-0.39, 0.29) is 29.7 Å². The van der Waals surface area contributed by atoms with Crippen molar-refractivity contribution in [2.45, 2.75) is 38.6 Å². The molecule has 0 atom stereocenters. The van der Waals surface area contributed by atoms with Gasteiger partial charge in [0.05, 0.1) is 12.1 Å². The maximum atomic E-state index is 14.5. The second-order valence-electron chi connectivity index (χ2n) is 8.27. The molecule has 3 N–H and O–H groups in total. The molecule has 0 radical (unpaired) electrons. The number of nitrogens with zero attached hydrogens (tertiary/aromatic N) is 2. The fraction of sp³-hybridized carbons (Fsp3) is 0.636. The van der Waals surface area contributed by atoms with Gasteiger partial charge in [0.2, 0.25) is 5.91 Å². The van der Waals surface area contributed by atoms with E-state index in [1.807, 2.05) is 6.07 Å². The zero-order valence-electron chi connectivity index (χ0n) is 17.2. The van der Waals surface area contributed by atoms with Crippen LogP contribution in [0, 0.1) is 11.7 Å². The van der Waals surface area contributed by atoms with Crippen molar-refractivity contribution in [2.24, 2.45) is 11.7 Å². The Bertz CT molecular complexity index is 698. The third-order valence-electron chi connectivity index (χ3n) is 6.07. The lowest BCUT2D eigenvalue weighted by Gasteiger charge is -2.30. The Labute approximate surface area is 172 Å². The zero-order valence-corrected chi connectivity index (χ0v) is 17.2. The van der Waals surface area contributed by atoms with Crippen molar-refractivity contribution < 1.29 is 14.0 Å². The first-order valence-electron chi connectivity index (χ1n) is 10.8. The number of amides is 1. The van der Waals surface area contributed by atoms with Gasteiger partial charge in [0.25, 0.3) is 0 Å². The highest BCUT2D eigenvalue weighted by Crippen LogP contribution is 2.20. The normalized spacial score (nSPS) is 19.3. The third-order valence-corrected chi connectivity index (χ3v) is 6.07. The first-order chi connectivity index (χ1) is 14.0. The summed E-state index contributed by atoms with van der Waals surface area (Å²) in [5, 5.41) is 3.15. The van der Waals surface area contributed by atoms with Gasteiger partial charge >= 0.3 is 0 Å². The van der Waals surface area contributed by atoms with Crippen LogP contribution < -0.4 is 11.1 Å². The van der Waals surface area contributed by atoms with Crippen molar-refractivity contribution in [3.05, 3.63) is 35.1 Å². The number of hydrogen-bond acceptors (Lipinski definition) is 5. The van der Waals surface area contributed by atoms with Gasteiger partial charge in [-0.05, 0) is 69.6 Å². The lowest BCUT2D eigenvalue weighted by Crippen LogP contribution is -2.38. The van der Waals surface area contributed by atoms with E-state index in [2.05, 4.69) is 15.1 Å². The van der Waals surface area contributed by atoms with E-state index in [1.54, 1.807) is 6.07 Å². The Hall–Kier alpha value is -1.83. The van der Waals surface area contributed by atoms with Crippen LogP contribution in [-0.2, 0) is 11.3 Å². The minimum absolute atomic E-state index is 0.0506. The molecule has 3 rings (SSSR count). The molecule has 0 aromatic heterocycles. The Morgan fingerprint density at radius 3 is 2.45 bits per heavy atom. The molecule has 29 heavy (non-hydrogen) atoms. The number of piperidine rings is 2. The molecule has 6 nitrogen and oxygen atoms in total. The summed E-state index contributed by atoms with van der Waals surface area (Å²) in [6.07, 6.45) is 5.30. The molecule has 0 saturated carbocycles. The summed E-state index contributed by atoms with van der Waals surface area (Å²) in [5.74, 6) is -0.958. The number of nitrogens with one attached hydrogen (secondary N) is 1. The number of rotatable bonds is 9. The quantitative estimate of drug-likeness (QED) is 0.485. The summed E-state index contributed by atoms with van der Waals surface area (Å²) in [5.41, 5.74) is 6.35. The van der Waals surface area contributed by atoms with E-state index in [4.69, 9.17) is 5.73 Å². The number of carbonyl (C=O) groups is 2. The fourth-order valence-corrected chi connectivity index (χ4v) is 4.23. The van der Waals surface area contributed by atoms with Gasteiger partial charge in [-0.2, -0.15) is 0 Å². The third kappa shape index (κ3) is 6.59. The zero-order chi connectivity index (χ0) is 20.6. The number of nitrogens with two attached hydrogens (primary N) is 1. The van der Waals surface area contributed by atoms with Crippen LogP contribution in [0.15, 0.2) is 18.2 Å². The van der Waals surface area contributed by atoms with Crippen LogP contribution in [0.1, 0.15) is 48.0 Å². The van der Waals surface area contributed by atoms with Crippen molar-refractivity contribution in [3.8, 4) is 0 Å². The number of primary amides is 1. The molecule has 1 amide bonds. The van der Waals surface area contributed by atoms with E-state index < -0.39 is 5.82 Å². The molecule has 1 aromatic rings. The molecule has 2 aliphatic heterocycles. The highest BCUT2D eigenvalue weighted by molar-refractivity contribution is 5.97. The molecule has 160 valence electrons. The van der Waals surface area contributed by atoms with Gasteiger partial charge in [0, 0.05) is 25.6 Å². The second-order valence-corrected chi connectivity index (χ2v) is 8.27. The van der Waals surface area contributed by atoms with Gasteiger partial charge in [-0.1, -0.05) is 12.5 Å². The molecule has 0 bridgehead atoms. The monoisotopic (exact) mass is 404 g/mol. The van der Waals surface area contributed by atoms with E-state index in [1.165, 1.54) is 25.3 Å². The smallest absolute Gasteiger partial charge is 0.220 e. The van der Waals surface area contributed by atoms with E-state index in [0.29, 0.717) is 6.54 Å². The summed E-state index contributed by atoms with van der Waals surface area (Å²) in [6, 6.07) is 4.88. The predicted molar refractivity (Wildman–Crippen MR) is 111 cm³/mol. The van der Waals surface area contributed by atoms with Crippen LogP contribution in [0.3, 0.4) is 0 Å². The maximum absolute atomic E-state index is 14.5. The first kappa shape index (κ1) is 21.9. The summed E-state index contributed by atoms with van der Waals surface area (Å²) < 4.78 is 14.5. The van der Waals surface area contributed by atoms with Crippen molar-refractivity contribution in [3.63, 3.8) is 0 Å². The second kappa shape index (κ2) is 10.8. The number of hydrogen-bond donors (Lipinski definition) is 2. The lowest BCUT2D eigenvalue weighted by molar-refractivity contribution is -0.123. The highest BCUT2D eigenvalue weighted by atomic mass is 19.1. The van der Waals surface area contributed by atoms with Crippen LogP contribution >= 0.6 is 0 Å². The molecule has 1 aromatic carbocycles.